The van der Waals surface area contributed by atoms with Crippen LogP contribution < -0.4 is 10.6 Å². The predicted octanol–water partition coefficient (Wildman–Crippen LogP) is -7.29. The highest BCUT2D eigenvalue weighted by molar-refractivity contribution is 5.73. The van der Waals surface area contributed by atoms with E-state index >= 15 is 0 Å². The third-order valence-electron chi connectivity index (χ3n) is 6.90. The minimum absolute atomic E-state index is 0.623. The Morgan fingerprint density at radius 1 is 0.600 bits per heavy atom. The van der Waals surface area contributed by atoms with Crippen LogP contribution in [0.25, 0.3) is 0 Å². The van der Waals surface area contributed by atoms with Gasteiger partial charge < -0.3 is 80.3 Å². The van der Waals surface area contributed by atoms with Gasteiger partial charge in [0.25, 0.3) is 0 Å². The van der Waals surface area contributed by atoms with E-state index in [1.807, 2.05) is 0 Å². The van der Waals surface area contributed by atoms with Gasteiger partial charge in [-0.05, 0) is 0 Å². The summed E-state index contributed by atoms with van der Waals surface area (Å²) in [6.07, 6.45) is -21.1. The van der Waals surface area contributed by atoms with Gasteiger partial charge in [-0.25, -0.2) is 0 Å². The highest BCUT2D eigenvalue weighted by atomic mass is 16.7. The summed E-state index contributed by atoms with van der Waals surface area (Å²) in [5.41, 5.74) is 0. The molecule has 15 atom stereocenters. The molecular weight excluding hydrogens is 548 g/mol. The molecule has 3 rings (SSSR count). The van der Waals surface area contributed by atoms with Crippen LogP contribution in [-0.4, -0.2) is 170 Å². The van der Waals surface area contributed by atoms with Crippen molar-refractivity contribution in [2.45, 2.75) is 106 Å². The van der Waals surface area contributed by atoms with Crippen molar-refractivity contribution in [3.8, 4) is 0 Å². The fraction of sp³-hybridized carbons (Fsp3) is 0.909. The van der Waals surface area contributed by atoms with Gasteiger partial charge in [0.15, 0.2) is 18.9 Å². The first-order valence-electron chi connectivity index (χ1n) is 12.6. The van der Waals surface area contributed by atoms with E-state index in [2.05, 4.69) is 10.6 Å². The highest BCUT2D eigenvalue weighted by Crippen LogP contribution is 2.32. The second-order valence-electron chi connectivity index (χ2n) is 9.81. The molecule has 18 nitrogen and oxygen atoms in total. The first kappa shape index (κ1) is 32.9. The number of ether oxygens (including phenoxy) is 5. The van der Waals surface area contributed by atoms with Crippen LogP contribution >= 0.6 is 0 Å². The molecule has 232 valence electrons. The summed E-state index contributed by atoms with van der Waals surface area (Å²) in [7, 11) is 0. The first-order chi connectivity index (χ1) is 18.8. The highest BCUT2D eigenvalue weighted by Gasteiger charge is 2.54. The summed E-state index contributed by atoms with van der Waals surface area (Å²) in [6, 6.07) is -2.87. The molecule has 0 saturated carbocycles. The minimum Gasteiger partial charge on any atom is -0.394 e. The Bertz CT molecular complexity index is 852. The zero-order valence-corrected chi connectivity index (χ0v) is 21.7. The van der Waals surface area contributed by atoms with Crippen LogP contribution in [-0.2, 0) is 33.3 Å². The topological polar surface area (TPSA) is 286 Å². The van der Waals surface area contributed by atoms with Crippen LogP contribution in [0.4, 0.5) is 0 Å². The Kier molecular flexibility index (Phi) is 11.5. The number of carbonyl (C=O) groups is 2. The van der Waals surface area contributed by atoms with E-state index in [9.17, 15) is 55.5 Å². The van der Waals surface area contributed by atoms with E-state index in [0.717, 1.165) is 13.8 Å². The normalized spacial score (nSPS) is 46.0. The van der Waals surface area contributed by atoms with Crippen molar-refractivity contribution in [3.05, 3.63) is 0 Å². The maximum atomic E-state index is 12.0. The number of amides is 2. The van der Waals surface area contributed by atoms with Gasteiger partial charge in [0.2, 0.25) is 11.8 Å². The summed E-state index contributed by atoms with van der Waals surface area (Å²) >= 11 is 0. The Balaban J connectivity index is 1.85. The molecule has 0 unspecified atom stereocenters. The Morgan fingerprint density at radius 3 is 1.57 bits per heavy atom. The molecule has 0 aromatic rings. The molecule has 2 amide bonds. The number of rotatable bonds is 9. The predicted molar refractivity (Wildman–Crippen MR) is 124 cm³/mol. The molecule has 18 heteroatoms. The average molecular weight is 587 g/mol. The lowest BCUT2D eigenvalue weighted by molar-refractivity contribution is -0.360. The summed E-state index contributed by atoms with van der Waals surface area (Å²) in [5, 5.41) is 96.5. The van der Waals surface area contributed by atoms with Gasteiger partial charge in [-0.1, -0.05) is 0 Å². The SMILES string of the molecule is CC(=O)N[C@@H]1[C@@H](O)[C@H](O[C@@H]2O[C@H](CO)[C@@H](O[C@@H]3O[C@H](CO)[C@@H](O)[C@H](O)[C@@H]3O)[C@H](O)[C@H]2NC(C)=O)[C@@H](CO)O[C@@H]1O. The number of aliphatic hydroxyl groups excluding tert-OH is 9. The molecule has 0 radical (unpaired) electrons. The lowest BCUT2D eigenvalue weighted by atomic mass is 9.94. The van der Waals surface area contributed by atoms with Gasteiger partial charge in [0.1, 0.15) is 73.1 Å². The van der Waals surface area contributed by atoms with Crippen LogP contribution in [0.1, 0.15) is 13.8 Å². The molecule has 0 aromatic carbocycles. The third-order valence-corrected chi connectivity index (χ3v) is 6.90. The molecule has 3 aliphatic rings. The quantitative estimate of drug-likeness (QED) is 0.120. The van der Waals surface area contributed by atoms with Crippen LogP contribution in [0, 0.1) is 0 Å². The van der Waals surface area contributed by atoms with Gasteiger partial charge in [0, 0.05) is 13.8 Å². The molecule has 3 heterocycles. The van der Waals surface area contributed by atoms with Gasteiger partial charge in [-0.3, -0.25) is 9.59 Å². The lowest BCUT2D eigenvalue weighted by Gasteiger charge is -2.49. The van der Waals surface area contributed by atoms with Crippen molar-refractivity contribution in [1.29, 1.82) is 0 Å². The molecule has 0 bridgehead atoms. The van der Waals surface area contributed by atoms with Crippen LogP contribution in [0.15, 0.2) is 0 Å². The van der Waals surface area contributed by atoms with Crippen LogP contribution in [0.5, 0.6) is 0 Å². The van der Waals surface area contributed by atoms with Crippen molar-refractivity contribution in [2.75, 3.05) is 19.8 Å². The summed E-state index contributed by atoms with van der Waals surface area (Å²) in [6.45, 7) is -0.117. The van der Waals surface area contributed by atoms with E-state index < -0.39 is 124 Å². The van der Waals surface area contributed by atoms with Crippen molar-refractivity contribution in [1.82, 2.24) is 10.6 Å². The van der Waals surface area contributed by atoms with Crippen molar-refractivity contribution >= 4 is 11.8 Å². The zero-order valence-electron chi connectivity index (χ0n) is 21.7. The van der Waals surface area contributed by atoms with Crippen LogP contribution in [0.2, 0.25) is 0 Å². The minimum atomic E-state index is -1.85. The van der Waals surface area contributed by atoms with Crippen LogP contribution in [0.3, 0.4) is 0 Å². The Morgan fingerprint density at radius 2 is 1.05 bits per heavy atom. The summed E-state index contributed by atoms with van der Waals surface area (Å²) in [5.74, 6) is -1.30. The molecule has 3 saturated heterocycles. The summed E-state index contributed by atoms with van der Waals surface area (Å²) in [4.78, 5) is 23.5. The zero-order chi connectivity index (χ0) is 29.9. The molecule has 0 aromatic heterocycles. The van der Waals surface area contributed by atoms with E-state index in [1.54, 1.807) is 0 Å². The number of aliphatic hydroxyl groups is 9. The number of nitrogens with one attached hydrogen (secondary N) is 2. The molecule has 3 fully saturated rings. The van der Waals surface area contributed by atoms with Gasteiger partial charge in [-0.2, -0.15) is 0 Å². The second-order valence-corrected chi connectivity index (χ2v) is 9.81. The molecule has 11 N–H and O–H groups in total. The lowest BCUT2D eigenvalue weighted by Crippen LogP contribution is -2.70. The second kappa shape index (κ2) is 14.0. The van der Waals surface area contributed by atoms with Crippen molar-refractivity contribution < 1.29 is 79.2 Å². The third kappa shape index (κ3) is 7.05. The van der Waals surface area contributed by atoms with Crippen molar-refractivity contribution in [3.63, 3.8) is 0 Å². The van der Waals surface area contributed by atoms with E-state index in [1.165, 1.54) is 0 Å². The maximum Gasteiger partial charge on any atom is 0.217 e. The van der Waals surface area contributed by atoms with Gasteiger partial charge >= 0.3 is 0 Å². The first-order valence-corrected chi connectivity index (χ1v) is 12.6. The molecule has 0 spiro atoms. The number of hydrogen-bond acceptors (Lipinski definition) is 16. The van der Waals surface area contributed by atoms with Gasteiger partial charge in [0.05, 0.1) is 19.8 Å². The number of hydrogen-bond donors (Lipinski definition) is 11. The van der Waals surface area contributed by atoms with E-state index in [-0.39, 0.29) is 0 Å². The molecular formula is C22H38N2O16. The standard InChI is InChI=1S/C22H38N2O16/c1-6(28)23-11-14(31)18(9(4-26)36-20(11)35)39-21-12(24-7(2)29)15(32)19(10(5-27)38-21)40-22-17(34)16(33)13(30)8(3-25)37-22/h8-22,25-27,30-35H,3-5H2,1-2H3,(H,23,28)(H,24,29)/t8-,9-,10-,11-,12-,13-,14-,15-,16+,17+,18-,19-,20+,21+,22+/m1/s1. The van der Waals surface area contributed by atoms with Gasteiger partial charge in [-0.15, -0.1) is 0 Å². The average Bonchev–Trinajstić information content (AvgIpc) is 2.90. The largest absolute Gasteiger partial charge is 0.394 e. The Labute approximate surface area is 228 Å². The molecule has 0 aliphatic carbocycles. The van der Waals surface area contributed by atoms with Crippen molar-refractivity contribution in [2.24, 2.45) is 0 Å². The van der Waals surface area contributed by atoms with E-state index in [0.29, 0.717) is 0 Å². The molecule has 3 aliphatic heterocycles. The molecule has 40 heavy (non-hydrogen) atoms. The fourth-order valence-corrected chi connectivity index (χ4v) is 4.87. The Hall–Kier alpha value is -1.62. The fourth-order valence-electron chi connectivity index (χ4n) is 4.87. The monoisotopic (exact) mass is 586 g/mol. The van der Waals surface area contributed by atoms with E-state index in [4.69, 9.17) is 23.7 Å². The maximum absolute atomic E-state index is 12.0. The summed E-state index contributed by atoms with van der Waals surface area (Å²) < 4.78 is 27.7. The smallest absolute Gasteiger partial charge is 0.217 e. The number of carbonyl (C=O) groups excluding carboxylic acids is 2.